The van der Waals surface area contributed by atoms with Crippen molar-refractivity contribution < 1.29 is 0 Å². The van der Waals surface area contributed by atoms with Crippen LogP contribution in [0, 0.1) is 13.8 Å². The first-order chi connectivity index (χ1) is 9.99. The minimum atomic E-state index is 0.0172. The molecule has 2 unspecified atom stereocenters. The van der Waals surface area contributed by atoms with Gasteiger partial charge in [0.15, 0.2) is 0 Å². The molecule has 2 rings (SSSR count). The third-order valence-corrected chi connectivity index (χ3v) is 4.78. The second-order valence-electron chi connectivity index (χ2n) is 5.57. The Morgan fingerprint density at radius 1 is 1.14 bits per heavy atom. The first kappa shape index (κ1) is 16.1. The van der Waals surface area contributed by atoms with Crippen molar-refractivity contribution in [2.45, 2.75) is 50.4 Å². The molecule has 0 saturated heterocycles. The summed E-state index contributed by atoms with van der Waals surface area (Å²) in [6.07, 6.45) is 1.06. The molecule has 112 valence electrons. The molecule has 2 aromatic rings. The van der Waals surface area contributed by atoms with Crippen molar-refractivity contribution in [2.75, 3.05) is 0 Å². The molecule has 0 aliphatic rings. The van der Waals surface area contributed by atoms with Gasteiger partial charge < -0.3 is 5.73 Å². The van der Waals surface area contributed by atoms with E-state index in [0.717, 1.165) is 17.1 Å². The molecular formula is C18H24N2S. The van der Waals surface area contributed by atoms with Crippen LogP contribution in [0.25, 0.3) is 0 Å². The maximum Gasteiger partial charge on any atom is 0.0968 e. The van der Waals surface area contributed by atoms with Gasteiger partial charge in [0.2, 0.25) is 0 Å². The molecule has 3 heteroatoms. The second kappa shape index (κ2) is 7.10. The Labute approximate surface area is 132 Å². The van der Waals surface area contributed by atoms with Crippen LogP contribution in [0.3, 0.4) is 0 Å². The molecule has 0 bridgehead atoms. The van der Waals surface area contributed by atoms with E-state index in [2.05, 4.69) is 62.2 Å². The number of hydrogen-bond acceptors (Lipinski definition) is 3. The summed E-state index contributed by atoms with van der Waals surface area (Å²) in [6, 6.07) is 12.9. The number of aryl methyl sites for hydroxylation is 3. The summed E-state index contributed by atoms with van der Waals surface area (Å²) in [5, 5.41) is 1.34. The smallest absolute Gasteiger partial charge is 0.0968 e. The highest BCUT2D eigenvalue weighted by atomic mass is 32.2. The lowest BCUT2D eigenvalue weighted by molar-refractivity contribution is 0.713. The van der Waals surface area contributed by atoms with Gasteiger partial charge in [0.1, 0.15) is 0 Å². The van der Waals surface area contributed by atoms with Crippen molar-refractivity contribution >= 4 is 11.8 Å². The molecule has 0 amide bonds. The zero-order chi connectivity index (χ0) is 15.4. The van der Waals surface area contributed by atoms with Gasteiger partial charge in [0, 0.05) is 17.0 Å². The Bertz CT molecular complexity index is 572. The van der Waals surface area contributed by atoms with Gasteiger partial charge in [-0.1, -0.05) is 38.1 Å². The van der Waals surface area contributed by atoms with Gasteiger partial charge in [0.05, 0.1) is 5.03 Å². The summed E-state index contributed by atoms with van der Waals surface area (Å²) in [5.74, 6) is 0. The molecule has 1 aromatic carbocycles. The van der Waals surface area contributed by atoms with Crippen LogP contribution < -0.4 is 5.73 Å². The number of nitrogens with two attached hydrogens (primary N) is 1. The maximum atomic E-state index is 6.41. The zero-order valence-corrected chi connectivity index (χ0v) is 14.1. The largest absolute Gasteiger partial charge is 0.323 e. The van der Waals surface area contributed by atoms with Crippen molar-refractivity contribution in [3.8, 4) is 0 Å². The molecule has 2 atom stereocenters. The average molecular weight is 300 g/mol. The third-order valence-electron chi connectivity index (χ3n) is 3.66. The van der Waals surface area contributed by atoms with Crippen LogP contribution in [0.1, 0.15) is 42.3 Å². The molecule has 1 heterocycles. The minimum absolute atomic E-state index is 0.0172. The summed E-state index contributed by atoms with van der Waals surface area (Å²) in [4.78, 5) is 4.58. The molecular weight excluding hydrogens is 276 g/mol. The normalized spacial score (nSPS) is 14.0. The van der Waals surface area contributed by atoms with E-state index in [1.807, 2.05) is 6.92 Å². The van der Waals surface area contributed by atoms with E-state index in [-0.39, 0.29) is 11.3 Å². The first-order valence-corrected chi connectivity index (χ1v) is 8.34. The van der Waals surface area contributed by atoms with E-state index in [1.54, 1.807) is 11.8 Å². The van der Waals surface area contributed by atoms with Gasteiger partial charge in [-0.15, -0.1) is 11.8 Å². The molecule has 2 N–H and O–H groups in total. The van der Waals surface area contributed by atoms with E-state index < -0.39 is 0 Å². The van der Waals surface area contributed by atoms with E-state index in [1.165, 1.54) is 16.7 Å². The van der Waals surface area contributed by atoms with E-state index in [9.17, 15) is 0 Å². The van der Waals surface area contributed by atoms with E-state index in [4.69, 9.17) is 5.73 Å². The highest BCUT2D eigenvalue weighted by Crippen LogP contribution is 2.30. The molecule has 2 nitrogen and oxygen atoms in total. The summed E-state index contributed by atoms with van der Waals surface area (Å²) >= 11 is 1.75. The molecule has 0 radical (unpaired) electrons. The number of nitrogens with zero attached hydrogens (tertiary/aromatic N) is 1. The predicted octanol–water partition coefficient (Wildman–Crippen LogP) is 4.44. The number of benzene rings is 1. The summed E-state index contributed by atoms with van der Waals surface area (Å²) in [6.45, 7) is 8.47. The molecule has 21 heavy (non-hydrogen) atoms. The van der Waals surface area contributed by atoms with Crippen molar-refractivity contribution in [3.63, 3.8) is 0 Å². The van der Waals surface area contributed by atoms with Crippen molar-refractivity contribution in [3.05, 3.63) is 58.8 Å². The standard InChI is InChI=1S/C18H24N2S/c1-5-15-6-8-16(9-7-15)18(19)14(4)21-17-11-12(2)10-13(3)20-17/h6-11,14,18H,5,19H2,1-4H3. The number of hydrogen-bond donors (Lipinski definition) is 1. The topological polar surface area (TPSA) is 38.9 Å². The van der Waals surface area contributed by atoms with Crippen LogP contribution in [0.4, 0.5) is 0 Å². The summed E-state index contributed by atoms with van der Waals surface area (Å²) < 4.78 is 0. The lowest BCUT2D eigenvalue weighted by Crippen LogP contribution is -2.21. The van der Waals surface area contributed by atoms with Crippen molar-refractivity contribution in [2.24, 2.45) is 5.73 Å². The Kier molecular flexibility index (Phi) is 5.43. The van der Waals surface area contributed by atoms with Crippen LogP contribution in [-0.2, 0) is 6.42 Å². The Morgan fingerprint density at radius 3 is 2.38 bits per heavy atom. The van der Waals surface area contributed by atoms with Crippen molar-refractivity contribution in [1.82, 2.24) is 4.98 Å². The molecule has 0 aliphatic heterocycles. The Morgan fingerprint density at radius 2 is 1.81 bits per heavy atom. The van der Waals surface area contributed by atoms with Gasteiger partial charge in [-0.3, -0.25) is 0 Å². The zero-order valence-electron chi connectivity index (χ0n) is 13.3. The SMILES string of the molecule is CCc1ccc(C(N)C(C)Sc2cc(C)cc(C)n2)cc1. The van der Waals surface area contributed by atoms with Gasteiger partial charge >= 0.3 is 0 Å². The number of rotatable bonds is 5. The lowest BCUT2D eigenvalue weighted by atomic mass is 10.0. The lowest BCUT2D eigenvalue weighted by Gasteiger charge is -2.20. The van der Waals surface area contributed by atoms with Crippen LogP contribution >= 0.6 is 11.8 Å². The number of pyridine rings is 1. The third kappa shape index (κ3) is 4.32. The highest BCUT2D eigenvalue weighted by molar-refractivity contribution is 7.99. The van der Waals surface area contributed by atoms with E-state index in [0.29, 0.717) is 0 Å². The van der Waals surface area contributed by atoms with Gasteiger partial charge in [-0.05, 0) is 49.1 Å². The predicted molar refractivity (Wildman–Crippen MR) is 91.8 cm³/mol. The fourth-order valence-corrected chi connectivity index (χ4v) is 3.51. The van der Waals surface area contributed by atoms with Crippen LogP contribution in [0.15, 0.2) is 41.4 Å². The second-order valence-corrected chi connectivity index (χ2v) is 6.97. The Hall–Kier alpha value is -1.32. The van der Waals surface area contributed by atoms with Crippen LogP contribution in [0.5, 0.6) is 0 Å². The number of aromatic nitrogens is 1. The maximum absolute atomic E-state index is 6.41. The highest BCUT2D eigenvalue weighted by Gasteiger charge is 2.17. The molecule has 0 saturated carbocycles. The molecule has 0 fully saturated rings. The fraction of sp³-hybridized carbons (Fsp3) is 0.389. The molecule has 0 aliphatic carbocycles. The van der Waals surface area contributed by atoms with Gasteiger partial charge in [-0.25, -0.2) is 4.98 Å². The molecule has 1 aromatic heterocycles. The fourth-order valence-electron chi connectivity index (χ4n) is 2.37. The van der Waals surface area contributed by atoms with Gasteiger partial charge in [0.25, 0.3) is 0 Å². The van der Waals surface area contributed by atoms with Gasteiger partial charge in [-0.2, -0.15) is 0 Å². The van der Waals surface area contributed by atoms with Crippen LogP contribution in [-0.4, -0.2) is 10.2 Å². The van der Waals surface area contributed by atoms with E-state index >= 15 is 0 Å². The van der Waals surface area contributed by atoms with Crippen LogP contribution in [0.2, 0.25) is 0 Å². The minimum Gasteiger partial charge on any atom is -0.323 e. The van der Waals surface area contributed by atoms with Crippen molar-refractivity contribution in [1.29, 1.82) is 0 Å². The quantitative estimate of drug-likeness (QED) is 0.830. The first-order valence-electron chi connectivity index (χ1n) is 7.46. The monoisotopic (exact) mass is 300 g/mol. The summed E-state index contributed by atoms with van der Waals surface area (Å²) in [7, 11) is 0. The number of thioether (sulfide) groups is 1. The molecule has 0 spiro atoms. The summed E-state index contributed by atoms with van der Waals surface area (Å²) in [5.41, 5.74) is 11.3. The average Bonchev–Trinajstić information content (AvgIpc) is 2.45. The Balaban J connectivity index is 2.09.